The fraction of sp³-hybridized carbons (Fsp3) is 0.517. The highest BCUT2D eigenvalue weighted by Crippen LogP contribution is 2.36. The fourth-order valence-corrected chi connectivity index (χ4v) is 5.19. The van der Waals surface area contributed by atoms with Crippen LogP contribution in [0.3, 0.4) is 0 Å². The summed E-state index contributed by atoms with van der Waals surface area (Å²) in [5, 5.41) is 33.3. The lowest BCUT2D eigenvalue weighted by molar-refractivity contribution is -0.200. The molecular weight excluding hydrogens is 527 g/mol. The molecule has 8 nitrogen and oxygen atoms in total. The van der Waals surface area contributed by atoms with Crippen molar-refractivity contribution < 1.29 is 37.7 Å². The van der Waals surface area contributed by atoms with Gasteiger partial charge in [-0.3, -0.25) is 4.79 Å². The highest BCUT2D eigenvalue weighted by molar-refractivity contribution is 5.85. The number of rotatable bonds is 10. The van der Waals surface area contributed by atoms with Crippen LogP contribution in [0.15, 0.2) is 48.5 Å². The van der Waals surface area contributed by atoms with Gasteiger partial charge in [0.1, 0.15) is 6.10 Å². The molecule has 4 rings (SSSR count). The van der Waals surface area contributed by atoms with Crippen molar-refractivity contribution in [3.8, 4) is 6.07 Å². The minimum atomic E-state index is -4.53. The zero-order chi connectivity index (χ0) is 28.8. The van der Waals surface area contributed by atoms with Crippen LogP contribution in [0.5, 0.6) is 0 Å². The quantitative estimate of drug-likeness (QED) is 0.408. The van der Waals surface area contributed by atoms with Gasteiger partial charge in [-0.05, 0) is 61.3 Å². The molecular formula is C29H34F3N3O5. The van der Waals surface area contributed by atoms with Crippen LogP contribution in [0.2, 0.25) is 0 Å². The van der Waals surface area contributed by atoms with Gasteiger partial charge in [-0.25, -0.2) is 0 Å². The van der Waals surface area contributed by atoms with Crippen molar-refractivity contribution in [2.24, 2.45) is 0 Å². The average molecular weight is 562 g/mol. The monoisotopic (exact) mass is 561 g/mol. The molecule has 2 fully saturated rings. The molecule has 1 saturated carbocycles. The molecule has 2 aromatic carbocycles. The van der Waals surface area contributed by atoms with Gasteiger partial charge < -0.3 is 29.9 Å². The van der Waals surface area contributed by atoms with E-state index in [0.717, 1.165) is 43.6 Å². The van der Waals surface area contributed by atoms with Gasteiger partial charge in [-0.15, -0.1) is 0 Å². The molecule has 2 aromatic rings. The smallest absolute Gasteiger partial charge is 0.390 e. The fourth-order valence-electron chi connectivity index (χ4n) is 5.19. The number of aliphatic hydroxyl groups excluding tert-OH is 2. The molecule has 1 amide bonds. The zero-order valence-electron chi connectivity index (χ0n) is 22.1. The topological polar surface area (TPSA) is 115 Å². The first-order valence-electron chi connectivity index (χ1n) is 13.4. The molecule has 216 valence electrons. The average Bonchev–Trinajstić information content (AvgIpc) is 3.46. The number of ether oxygens (including phenoxy) is 2. The lowest BCUT2D eigenvalue weighted by atomic mass is 9.78. The van der Waals surface area contributed by atoms with E-state index < -0.39 is 41.6 Å². The lowest BCUT2D eigenvalue weighted by Crippen LogP contribution is -2.61. The first-order chi connectivity index (χ1) is 19.1. The van der Waals surface area contributed by atoms with Gasteiger partial charge in [0.2, 0.25) is 0 Å². The number of nitriles is 1. The van der Waals surface area contributed by atoms with Crippen LogP contribution in [0.1, 0.15) is 47.9 Å². The van der Waals surface area contributed by atoms with Crippen LogP contribution < -0.4 is 5.32 Å². The van der Waals surface area contributed by atoms with Gasteiger partial charge in [0.15, 0.2) is 5.60 Å². The normalized spacial score (nSPS) is 25.4. The van der Waals surface area contributed by atoms with E-state index in [0.29, 0.717) is 18.7 Å². The molecule has 1 heterocycles. The van der Waals surface area contributed by atoms with E-state index in [2.05, 4.69) is 10.2 Å². The Kier molecular flexibility index (Phi) is 9.81. The maximum Gasteiger partial charge on any atom is 0.416 e. The molecule has 0 aromatic heterocycles. The molecule has 4 atom stereocenters. The third-order valence-corrected chi connectivity index (χ3v) is 7.49. The summed E-state index contributed by atoms with van der Waals surface area (Å²) >= 11 is 0. The van der Waals surface area contributed by atoms with E-state index in [1.807, 2.05) is 6.07 Å². The van der Waals surface area contributed by atoms with Gasteiger partial charge in [-0.2, -0.15) is 18.4 Å². The van der Waals surface area contributed by atoms with E-state index in [-0.39, 0.29) is 31.6 Å². The highest BCUT2D eigenvalue weighted by atomic mass is 19.4. The molecule has 1 unspecified atom stereocenters. The van der Waals surface area contributed by atoms with Crippen molar-refractivity contribution in [1.82, 2.24) is 10.2 Å². The van der Waals surface area contributed by atoms with Crippen molar-refractivity contribution in [2.75, 3.05) is 26.2 Å². The Labute approximate surface area is 231 Å². The highest BCUT2D eigenvalue weighted by Gasteiger charge is 2.51. The van der Waals surface area contributed by atoms with Crippen molar-refractivity contribution in [3.05, 3.63) is 70.8 Å². The maximum atomic E-state index is 13.6. The van der Waals surface area contributed by atoms with E-state index in [1.54, 1.807) is 24.3 Å². The number of likely N-dealkylation sites (tertiary alicyclic amines) is 1. The molecule has 0 bridgehead atoms. The summed E-state index contributed by atoms with van der Waals surface area (Å²) < 4.78 is 51.7. The number of carbonyl (C=O) groups is 1. The SMILES string of the molecule is N#Cc1ccc(COC2C[C@](OCc3cccc(C(F)(F)F)c3)(C(=O)NCCN3CCCC3)C[C@@H](O)[C@H]2O)cc1. The molecule has 3 N–H and O–H groups in total. The van der Waals surface area contributed by atoms with Crippen molar-refractivity contribution in [3.63, 3.8) is 0 Å². The Morgan fingerprint density at radius 1 is 1.07 bits per heavy atom. The van der Waals surface area contributed by atoms with Crippen molar-refractivity contribution >= 4 is 5.91 Å². The zero-order valence-corrected chi connectivity index (χ0v) is 22.1. The minimum Gasteiger partial charge on any atom is -0.390 e. The Balaban J connectivity index is 1.51. The Hall–Kier alpha value is -3.01. The molecule has 1 aliphatic carbocycles. The van der Waals surface area contributed by atoms with Crippen LogP contribution in [-0.4, -0.2) is 71.1 Å². The summed E-state index contributed by atoms with van der Waals surface area (Å²) in [6, 6.07) is 13.3. The number of aliphatic hydroxyl groups is 2. The summed E-state index contributed by atoms with van der Waals surface area (Å²) in [7, 11) is 0. The second-order valence-electron chi connectivity index (χ2n) is 10.4. The van der Waals surface area contributed by atoms with Gasteiger partial charge in [0, 0.05) is 25.9 Å². The molecule has 1 saturated heterocycles. The molecule has 40 heavy (non-hydrogen) atoms. The third-order valence-electron chi connectivity index (χ3n) is 7.49. The number of carbonyl (C=O) groups excluding carboxylic acids is 1. The number of benzene rings is 2. The van der Waals surface area contributed by atoms with Crippen LogP contribution in [0, 0.1) is 11.3 Å². The molecule has 1 aliphatic heterocycles. The van der Waals surface area contributed by atoms with Gasteiger partial charge in [-0.1, -0.05) is 24.3 Å². The first kappa shape index (κ1) is 30.0. The summed E-state index contributed by atoms with van der Waals surface area (Å²) in [6.07, 6.45) is -6.37. The van der Waals surface area contributed by atoms with E-state index in [4.69, 9.17) is 14.7 Å². The summed E-state index contributed by atoms with van der Waals surface area (Å²) in [4.78, 5) is 15.8. The standard InChI is InChI=1S/C29H34F3N3O5/c30-29(31,32)23-5-3-4-22(14-23)19-40-28(27(38)34-10-13-35-11-1-2-12-35)15-24(36)26(37)25(16-28)39-18-21-8-6-20(17-33)7-9-21/h3-9,14,24-26,36-37H,1-2,10-13,15-16,18-19H2,(H,34,38)/t24-,25?,26-,28+/m1/s1. The van der Waals surface area contributed by atoms with Crippen LogP contribution >= 0.6 is 0 Å². The second kappa shape index (κ2) is 13.1. The molecule has 0 radical (unpaired) electrons. The van der Waals surface area contributed by atoms with E-state index >= 15 is 0 Å². The number of halogens is 3. The van der Waals surface area contributed by atoms with Gasteiger partial charge in [0.25, 0.3) is 5.91 Å². The Bertz CT molecular complexity index is 1180. The maximum absolute atomic E-state index is 13.6. The number of hydrogen-bond acceptors (Lipinski definition) is 7. The number of amides is 1. The summed E-state index contributed by atoms with van der Waals surface area (Å²) in [6.45, 7) is 2.60. The van der Waals surface area contributed by atoms with Crippen molar-refractivity contribution in [2.45, 2.75) is 69.0 Å². The van der Waals surface area contributed by atoms with Gasteiger partial charge >= 0.3 is 6.18 Å². The third kappa shape index (κ3) is 7.59. The van der Waals surface area contributed by atoms with Gasteiger partial charge in [0.05, 0.1) is 42.6 Å². The largest absolute Gasteiger partial charge is 0.416 e. The number of nitrogens with one attached hydrogen (secondary N) is 1. The van der Waals surface area contributed by atoms with Crippen LogP contribution in [-0.2, 0) is 33.7 Å². The van der Waals surface area contributed by atoms with Crippen LogP contribution in [0.4, 0.5) is 13.2 Å². The first-order valence-corrected chi connectivity index (χ1v) is 13.4. The minimum absolute atomic E-state index is 0.0421. The summed E-state index contributed by atoms with van der Waals surface area (Å²) in [5.74, 6) is -0.517. The molecule has 0 spiro atoms. The lowest BCUT2D eigenvalue weighted by Gasteiger charge is -2.44. The van der Waals surface area contributed by atoms with Crippen LogP contribution in [0.25, 0.3) is 0 Å². The predicted molar refractivity (Wildman–Crippen MR) is 139 cm³/mol. The molecule has 2 aliphatic rings. The van der Waals surface area contributed by atoms with E-state index in [9.17, 15) is 28.2 Å². The van der Waals surface area contributed by atoms with Crippen molar-refractivity contribution in [1.29, 1.82) is 5.26 Å². The number of nitrogens with zero attached hydrogens (tertiary/aromatic N) is 2. The Morgan fingerprint density at radius 3 is 2.48 bits per heavy atom. The predicted octanol–water partition coefficient (Wildman–Crippen LogP) is 3.15. The van der Waals surface area contributed by atoms with E-state index in [1.165, 1.54) is 12.1 Å². The number of hydrogen-bond donors (Lipinski definition) is 3. The second-order valence-corrected chi connectivity index (χ2v) is 10.4. The molecule has 11 heteroatoms. The number of alkyl halides is 3. The Morgan fingerprint density at radius 2 is 1.80 bits per heavy atom. The summed E-state index contributed by atoms with van der Waals surface area (Å²) in [5.41, 5.74) is -1.07.